The zero-order valence-corrected chi connectivity index (χ0v) is 6.30. The molecule has 0 saturated heterocycles. The van der Waals surface area contributed by atoms with Crippen LogP contribution in [0.4, 0.5) is 0 Å². The first-order chi connectivity index (χ1) is 4.84. The molecule has 0 amide bonds. The van der Waals surface area contributed by atoms with Crippen molar-refractivity contribution in [3.63, 3.8) is 0 Å². The Hall–Kier alpha value is -0.760. The maximum absolute atomic E-state index is 5.82. The fraction of sp³-hybridized carbons (Fsp3) is 0.500. The molecule has 56 valence electrons. The highest BCUT2D eigenvalue weighted by Crippen LogP contribution is 2.11. The average molecular weight is 138 g/mol. The van der Waals surface area contributed by atoms with Crippen LogP contribution < -0.4 is 5.73 Å². The van der Waals surface area contributed by atoms with Gasteiger partial charge in [0, 0.05) is 17.9 Å². The van der Waals surface area contributed by atoms with E-state index in [1.54, 1.807) is 0 Å². The molecule has 1 heterocycles. The quantitative estimate of drug-likeness (QED) is 0.657. The normalized spacial score (nSPS) is 13.4. The summed E-state index contributed by atoms with van der Waals surface area (Å²) in [6, 6.07) is 4.20. The third-order valence-corrected chi connectivity index (χ3v) is 1.62. The van der Waals surface area contributed by atoms with Crippen molar-refractivity contribution < 1.29 is 0 Å². The van der Waals surface area contributed by atoms with E-state index in [0.29, 0.717) is 0 Å². The van der Waals surface area contributed by atoms with Crippen LogP contribution in [0, 0.1) is 0 Å². The lowest BCUT2D eigenvalue weighted by Crippen LogP contribution is -2.09. The largest absolute Gasteiger partial charge is 0.364 e. The summed E-state index contributed by atoms with van der Waals surface area (Å²) in [7, 11) is 0. The minimum absolute atomic E-state index is 0.194. The van der Waals surface area contributed by atoms with Gasteiger partial charge in [-0.25, -0.2) is 0 Å². The van der Waals surface area contributed by atoms with Gasteiger partial charge in [-0.2, -0.15) is 0 Å². The molecular formula is C8H14N2. The number of H-pyrrole nitrogens is 1. The van der Waals surface area contributed by atoms with E-state index in [4.69, 9.17) is 5.73 Å². The summed E-state index contributed by atoms with van der Waals surface area (Å²) in [5, 5.41) is 0. The van der Waals surface area contributed by atoms with Crippen molar-refractivity contribution in [2.45, 2.75) is 25.8 Å². The van der Waals surface area contributed by atoms with Gasteiger partial charge in [0.2, 0.25) is 0 Å². The predicted octanol–water partition coefficient (Wildman–Crippen LogP) is 1.81. The standard InChI is InChI=1S/C8H14N2/c1-2-4-7(9)8-5-3-6-10-8/h3,5-7,10H,2,4,9H2,1H3. The molecule has 0 saturated carbocycles. The van der Waals surface area contributed by atoms with Crippen molar-refractivity contribution in [2.75, 3.05) is 0 Å². The molecule has 0 aliphatic carbocycles. The summed E-state index contributed by atoms with van der Waals surface area (Å²) >= 11 is 0. The van der Waals surface area contributed by atoms with Gasteiger partial charge in [-0.3, -0.25) is 0 Å². The van der Waals surface area contributed by atoms with Crippen LogP contribution in [0.3, 0.4) is 0 Å². The summed E-state index contributed by atoms with van der Waals surface area (Å²) in [5.41, 5.74) is 6.96. The first kappa shape index (κ1) is 7.35. The Kier molecular flexibility index (Phi) is 2.51. The van der Waals surface area contributed by atoms with Crippen LogP contribution in [0.2, 0.25) is 0 Å². The van der Waals surface area contributed by atoms with Crippen molar-refractivity contribution in [3.05, 3.63) is 24.0 Å². The van der Waals surface area contributed by atoms with Crippen LogP contribution in [0.1, 0.15) is 31.5 Å². The van der Waals surface area contributed by atoms with E-state index in [0.717, 1.165) is 18.5 Å². The van der Waals surface area contributed by atoms with Crippen LogP contribution in [-0.2, 0) is 0 Å². The Morgan fingerprint density at radius 1 is 1.70 bits per heavy atom. The van der Waals surface area contributed by atoms with Gasteiger partial charge >= 0.3 is 0 Å². The molecule has 2 nitrogen and oxygen atoms in total. The summed E-state index contributed by atoms with van der Waals surface area (Å²) in [4.78, 5) is 3.10. The highest BCUT2D eigenvalue weighted by atomic mass is 14.8. The van der Waals surface area contributed by atoms with Gasteiger partial charge in [-0.1, -0.05) is 13.3 Å². The predicted molar refractivity (Wildman–Crippen MR) is 42.6 cm³/mol. The van der Waals surface area contributed by atoms with Gasteiger partial charge in [0.25, 0.3) is 0 Å². The number of aromatic amines is 1. The molecule has 1 atom stereocenters. The summed E-state index contributed by atoms with van der Waals surface area (Å²) in [6.07, 6.45) is 4.10. The highest BCUT2D eigenvalue weighted by molar-refractivity contribution is 5.07. The van der Waals surface area contributed by atoms with Gasteiger partial charge < -0.3 is 10.7 Å². The zero-order chi connectivity index (χ0) is 7.40. The smallest absolute Gasteiger partial charge is 0.0447 e. The second-order valence-corrected chi connectivity index (χ2v) is 2.52. The van der Waals surface area contributed by atoms with Crippen molar-refractivity contribution in [2.24, 2.45) is 5.73 Å². The number of nitrogens with one attached hydrogen (secondary N) is 1. The number of rotatable bonds is 3. The maximum atomic E-state index is 5.82. The summed E-state index contributed by atoms with van der Waals surface area (Å²) in [6.45, 7) is 2.14. The number of hydrogen-bond acceptors (Lipinski definition) is 1. The van der Waals surface area contributed by atoms with Crippen LogP contribution >= 0.6 is 0 Å². The Morgan fingerprint density at radius 2 is 2.50 bits per heavy atom. The first-order valence-corrected chi connectivity index (χ1v) is 3.73. The lowest BCUT2D eigenvalue weighted by Gasteiger charge is -2.06. The van der Waals surface area contributed by atoms with Crippen LogP contribution in [0.25, 0.3) is 0 Å². The van der Waals surface area contributed by atoms with E-state index in [9.17, 15) is 0 Å². The SMILES string of the molecule is CCCC(N)c1ccc[nH]1. The lowest BCUT2D eigenvalue weighted by atomic mass is 10.1. The van der Waals surface area contributed by atoms with E-state index >= 15 is 0 Å². The molecule has 1 unspecified atom stereocenters. The molecule has 0 fully saturated rings. The van der Waals surface area contributed by atoms with Crippen molar-refractivity contribution in [3.8, 4) is 0 Å². The topological polar surface area (TPSA) is 41.8 Å². The van der Waals surface area contributed by atoms with Gasteiger partial charge in [0.05, 0.1) is 0 Å². The average Bonchev–Trinajstić information content (AvgIpc) is 2.38. The minimum Gasteiger partial charge on any atom is -0.364 e. The molecule has 0 aromatic carbocycles. The van der Waals surface area contributed by atoms with Crippen molar-refractivity contribution in [1.29, 1.82) is 0 Å². The van der Waals surface area contributed by atoms with E-state index in [1.165, 1.54) is 0 Å². The third kappa shape index (κ3) is 1.61. The molecular weight excluding hydrogens is 124 g/mol. The molecule has 3 N–H and O–H groups in total. The molecule has 10 heavy (non-hydrogen) atoms. The Bertz CT molecular complexity index is 167. The minimum atomic E-state index is 0.194. The second-order valence-electron chi connectivity index (χ2n) is 2.52. The van der Waals surface area contributed by atoms with Crippen LogP contribution in [-0.4, -0.2) is 4.98 Å². The molecule has 0 spiro atoms. The Balaban J connectivity index is 2.50. The monoisotopic (exact) mass is 138 g/mol. The fourth-order valence-electron chi connectivity index (χ4n) is 1.04. The summed E-state index contributed by atoms with van der Waals surface area (Å²) in [5.74, 6) is 0. The Labute approximate surface area is 61.4 Å². The van der Waals surface area contributed by atoms with Crippen molar-refractivity contribution >= 4 is 0 Å². The fourth-order valence-corrected chi connectivity index (χ4v) is 1.04. The Morgan fingerprint density at radius 3 is 3.00 bits per heavy atom. The lowest BCUT2D eigenvalue weighted by molar-refractivity contribution is 0.625. The number of aromatic nitrogens is 1. The van der Waals surface area contributed by atoms with Crippen LogP contribution in [0.15, 0.2) is 18.3 Å². The van der Waals surface area contributed by atoms with Crippen LogP contribution in [0.5, 0.6) is 0 Å². The van der Waals surface area contributed by atoms with Gasteiger partial charge in [-0.15, -0.1) is 0 Å². The molecule has 0 bridgehead atoms. The molecule has 1 rings (SSSR count). The molecule has 0 aliphatic rings. The maximum Gasteiger partial charge on any atom is 0.0447 e. The van der Waals surface area contributed by atoms with Gasteiger partial charge in [-0.05, 0) is 18.6 Å². The zero-order valence-electron chi connectivity index (χ0n) is 6.30. The third-order valence-electron chi connectivity index (χ3n) is 1.62. The molecule has 0 radical (unpaired) electrons. The van der Waals surface area contributed by atoms with Gasteiger partial charge in [0.1, 0.15) is 0 Å². The number of nitrogens with two attached hydrogens (primary N) is 1. The van der Waals surface area contributed by atoms with E-state index in [2.05, 4.69) is 11.9 Å². The summed E-state index contributed by atoms with van der Waals surface area (Å²) < 4.78 is 0. The second kappa shape index (κ2) is 3.42. The van der Waals surface area contributed by atoms with Gasteiger partial charge in [0.15, 0.2) is 0 Å². The van der Waals surface area contributed by atoms with Crippen molar-refractivity contribution in [1.82, 2.24) is 4.98 Å². The molecule has 2 heteroatoms. The highest BCUT2D eigenvalue weighted by Gasteiger charge is 2.02. The first-order valence-electron chi connectivity index (χ1n) is 3.73. The van der Waals surface area contributed by atoms with E-state index in [-0.39, 0.29) is 6.04 Å². The van der Waals surface area contributed by atoms with E-state index in [1.807, 2.05) is 18.3 Å². The van der Waals surface area contributed by atoms with E-state index < -0.39 is 0 Å². The molecule has 0 aliphatic heterocycles. The molecule has 1 aromatic heterocycles. The molecule has 1 aromatic rings. The number of hydrogen-bond donors (Lipinski definition) is 2.